The minimum Gasteiger partial charge on any atom is -0.393 e. The van der Waals surface area contributed by atoms with Crippen LogP contribution in [0.5, 0.6) is 0 Å². The fourth-order valence-electron chi connectivity index (χ4n) is 1.63. The molecule has 0 aliphatic carbocycles. The number of benzene rings is 1. The van der Waals surface area contributed by atoms with E-state index in [0.717, 1.165) is 5.56 Å². The van der Waals surface area contributed by atoms with Crippen molar-refractivity contribution in [3.63, 3.8) is 0 Å². The van der Waals surface area contributed by atoms with E-state index in [1.165, 1.54) is 0 Å². The van der Waals surface area contributed by atoms with E-state index in [1.54, 1.807) is 0 Å². The van der Waals surface area contributed by atoms with Gasteiger partial charge < -0.3 is 4.74 Å². The van der Waals surface area contributed by atoms with Crippen molar-refractivity contribution in [3.05, 3.63) is 42.0 Å². The Balaban J connectivity index is 1.90. The second-order valence-electron chi connectivity index (χ2n) is 3.74. The third kappa shape index (κ3) is 2.57. The highest BCUT2D eigenvalue weighted by Crippen LogP contribution is 2.20. The van der Waals surface area contributed by atoms with Gasteiger partial charge in [0.15, 0.2) is 0 Å². The minimum absolute atomic E-state index is 0.206. The zero-order chi connectivity index (χ0) is 11.4. The van der Waals surface area contributed by atoms with Crippen molar-refractivity contribution < 1.29 is 14.3 Å². The first-order valence-electron chi connectivity index (χ1n) is 5.22. The molecule has 1 aliphatic rings. The van der Waals surface area contributed by atoms with Gasteiger partial charge in [0.1, 0.15) is 0 Å². The van der Waals surface area contributed by atoms with Crippen molar-refractivity contribution in [2.24, 2.45) is 5.92 Å². The van der Waals surface area contributed by atoms with Crippen molar-refractivity contribution >= 4 is 18.0 Å². The van der Waals surface area contributed by atoms with Crippen molar-refractivity contribution in [2.45, 2.75) is 12.8 Å². The van der Waals surface area contributed by atoms with Gasteiger partial charge in [-0.15, -0.1) is 0 Å². The quantitative estimate of drug-likeness (QED) is 0.574. The number of allylic oxidation sites excluding steroid dienone is 1. The number of cyclic esters (lactones) is 2. The van der Waals surface area contributed by atoms with Gasteiger partial charge in [-0.2, -0.15) is 0 Å². The molecule has 3 heteroatoms. The molecule has 0 saturated carbocycles. The van der Waals surface area contributed by atoms with Crippen molar-refractivity contribution in [2.75, 3.05) is 0 Å². The molecule has 1 aliphatic heterocycles. The van der Waals surface area contributed by atoms with Gasteiger partial charge in [-0.05, 0) is 12.0 Å². The van der Waals surface area contributed by atoms with Crippen LogP contribution in [0.2, 0.25) is 0 Å². The summed E-state index contributed by atoms with van der Waals surface area (Å²) in [6, 6.07) is 9.81. The number of esters is 2. The van der Waals surface area contributed by atoms with E-state index in [0.29, 0.717) is 6.42 Å². The molecule has 1 aromatic rings. The number of rotatable bonds is 3. The van der Waals surface area contributed by atoms with Crippen LogP contribution in [-0.2, 0) is 14.3 Å². The lowest BCUT2D eigenvalue weighted by molar-refractivity contribution is -0.153. The molecule has 1 fully saturated rings. The predicted octanol–water partition coefficient (Wildman–Crippen LogP) is 2.18. The lowest BCUT2D eigenvalue weighted by Gasteiger charge is -1.98. The lowest BCUT2D eigenvalue weighted by atomic mass is 10.0. The normalized spacial score (nSPS) is 20.4. The number of carbonyl (C=O) groups excluding carboxylic acids is 2. The van der Waals surface area contributed by atoms with Crippen LogP contribution < -0.4 is 0 Å². The van der Waals surface area contributed by atoms with Gasteiger partial charge in [0.05, 0.1) is 12.3 Å². The average Bonchev–Trinajstić information content (AvgIpc) is 2.59. The SMILES string of the molecule is O=C1C[C@H](C/C=C/c2ccccc2)C(=O)O1. The third-order valence-electron chi connectivity index (χ3n) is 2.49. The largest absolute Gasteiger partial charge is 0.393 e. The number of ether oxygens (including phenoxy) is 1. The summed E-state index contributed by atoms with van der Waals surface area (Å²) in [5.41, 5.74) is 1.08. The summed E-state index contributed by atoms with van der Waals surface area (Å²) in [7, 11) is 0. The van der Waals surface area contributed by atoms with Gasteiger partial charge in [-0.3, -0.25) is 9.59 Å². The molecule has 3 nitrogen and oxygen atoms in total. The molecule has 1 heterocycles. The highest BCUT2D eigenvalue weighted by molar-refractivity contribution is 5.94. The Morgan fingerprint density at radius 1 is 1.25 bits per heavy atom. The molecule has 0 aromatic heterocycles. The van der Waals surface area contributed by atoms with Crippen LogP contribution in [0, 0.1) is 5.92 Å². The van der Waals surface area contributed by atoms with Crippen molar-refractivity contribution in [1.29, 1.82) is 0 Å². The summed E-state index contributed by atoms with van der Waals surface area (Å²) < 4.78 is 4.46. The highest BCUT2D eigenvalue weighted by atomic mass is 16.6. The maximum absolute atomic E-state index is 11.2. The van der Waals surface area contributed by atoms with Crippen molar-refractivity contribution in [1.82, 2.24) is 0 Å². The fourth-order valence-corrected chi connectivity index (χ4v) is 1.63. The lowest BCUT2D eigenvalue weighted by Crippen LogP contribution is -2.05. The molecule has 2 rings (SSSR count). The molecule has 1 atom stereocenters. The van der Waals surface area contributed by atoms with Gasteiger partial charge in [0, 0.05) is 0 Å². The molecule has 16 heavy (non-hydrogen) atoms. The first-order valence-corrected chi connectivity index (χ1v) is 5.22. The van der Waals surface area contributed by atoms with Crippen molar-refractivity contribution in [3.8, 4) is 0 Å². The Labute approximate surface area is 93.7 Å². The molecule has 1 aromatic carbocycles. The van der Waals surface area contributed by atoms with E-state index >= 15 is 0 Å². The van der Waals surface area contributed by atoms with E-state index in [-0.39, 0.29) is 12.3 Å². The maximum Gasteiger partial charge on any atom is 0.317 e. The number of carbonyl (C=O) groups is 2. The van der Waals surface area contributed by atoms with Gasteiger partial charge in [0.25, 0.3) is 0 Å². The Morgan fingerprint density at radius 2 is 2.00 bits per heavy atom. The summed E-state index contributed by atoms with van der Waals surface area (Å²) in [6.45, 7) is 0. The van der Waals surface area contributed by atoms with Crippen LogP contribution in [0.3, 0.4) is 0 Å². The molecule has 0 bridgehead atoms. The van der Waals surface area contributed by atoms with Crippen LogP contribution in [0.4, 0.5) is 0 Å². The summed E-state index contributed by atoms with van der Waals surface area (Å²) in [4.78, 5) is 22.0. The number of hydrogen-bond acceptors (Lipinski definition) is 3. The summed E-state index contributed by atoms with van der Waals surface area (Å²) >= 11 is 0. The molecule has 0 radical (unpaired) electrons. The monoisotopic (exact) mass is 216 g/mol. The second-order valence-corrected chi connectivity index (χ2v) is 3.74. The van der Waals surface area contributed by atoms with Crippen LogP contribution >= 0.6 is 0 Å². The van der Waals surface area contributed by atoms with Gasteiger partial charge >= 0.3 is 11.9 Å². The summed E-state index contributed by atoms with van der Waals surface area (Å²) in [6.07, 6.45) is 4.60. The van der Waals surface area contributed by atoms with Crippen LogP contribution in [-0.4, -0.2) is 11.9 Å². The van der Waals surface area contributed by atoms with Gasteiger partial charge in [-0.1, -0.05) is 42.5 Å². The number of hydrogen-bond donors (Lipinski definition) is 0. The first-order chi connectivity index (χ1) is 7.75. The highest BCUT2D eigenvalue weighted by Gasteiger charge is 2.31. The van der Waals surface area contributed by atoms with E-state index in [4.69, 9.17) is 0 Å². The summed E-state index contributed by atoms with van der Waals surface area (Å²) in [5.74, 6) is -1.11. The van der Waals surface area contributed by atoms with Crippen LogP contribution in [0.1, 0.15) is 18.4 Å². The molecule has 0 N–H and O–H groups in total. The van der Waals surface area contributed by atoms with Crippen LogP contribution in [0.15, 0.2) is 36.4 Å². The van der Waals surface area contributed by atoms with E-state index < -0.39 is 11.9 Å². The smallest absolute Gasteiger partial charge is 0.317 e. The molecular weight excluding hydrogens is 204 g/mol. The van der Waals surface area contributed by atoms with E-state index in [2.05, 4.69) is 4.74 Å². The van der Waals surface area contributed by atoms with E-state index in [1.807, 2.05) is 42.5 Å². The summed E-state index contributed by atoms with van der Waals surface area (Å²) in [5, 5.41) is 0. The van der Waals surface area contributed by atoms with Crippen LogP contribution in [0.25, 0.3) is 6.08 Å². The maximum atomic E-state index is 11.2. The van der Waals surface area contributed by atoms with Gasteiger partial charge in [0.2, 0.25) is 0 Å². The molecule has 0 unspecified atom stereocenters. The predicted molar refractivity (Wildman–Crippen MR) is 59.3 cm³/mol. The Hall–Kier alpha value is -1.90. The Morgan fingerprint density at radius 3 is 2.62 bits per heavy atom. The minimum atomic E-state index is -0.414. The van der Waals surface area contributed by atoms with Gasteiger partial charge in [-0.25, -0.2) is 0 Å². The molecule has 0 amide bonds. The zero-order valence-electron chi connectivity index (χ0n) is 8.76. The topological polar surface area (TPSA) is 43.4 Å². The van der Waals surface area contributed by atoms with E-state index in [9.17, 15) is 9.59 Å². The third-order valence-corrected chi connectivity index (χ3v) is 2.49. The molecule has 0 spiro atoms. The zero-order valence-corrected chi connectivity index (χ0v) is 8.76. The Bertz CT molecular complexity index is 420. The molecule has 1 saturated heterocycles. The standard InChI is InChI=1S/C13H12O3/c14-12-9-11(13(15)16-12)8-4-7-10-5-2-1-3-6-10/h1-7,11H,8-9H2/b7-4+/t11-/m0/s1. The fraction of sp³-hybridized carbons (Fsp3) is 0.231. The molecule has 82 valence electrons. The first kappa shape index (κ1) is 10.6. The Kier molecular flexibility index (Phi) is 3.15. The molecular formula is C13H12O3. The average molecular weight is 216 g/mol. The second kappa shape index (κ2) is 4.75.